The number of thiocarbonyl (C=S) groups is 1. The number of benzene rings is 2. The first kappa shape index (κ1) is 14.1. The monoisotopic (exact) mass is 296 g/mol. The smallest absolute Gasteiger partial charge is 0.175 e. The number of para-hydroxylation sites is 1. The van der Waals surface area contributed by atoms with Crippen molar-refractivity contribution in [2.75, 3.05) is 10.6 Å². The fourth-order valence-electron chi connectivity index (χ4n) is 2.89. The van der Waals surface area contributed by atoms with Gasteiger partial charge >= 0.3 is 0 Å². The summed E-state index contributed by atoms with van der Waals surface area (Å²) in [6, 6.07) is 14.6. The van der Waals surface area contributed by atoms with Crippen LogP contribution >= 0.6 is 12.2 Å². The van der Waals surface area contributed by atoms with Gasteiger partial charge in [-0.3, -0.25) is 0 Å². The van der Waals surface area contributed by atoms with Crippen molar-refractivity contribution in [1.29, 1.82) is 0 Å². The number of hydrogen-bond donors (Lipinski definition) is 2. The Hall–Kier alpha value is -1.87. The zero-order valence-corrected chi connectivity index (χ0v) is 13.1. The largest absolute Gasteiger partial charge is 0.332 e. The Morgan fingerprint density at radius 3 is 2.48 bits per heavy atom. The van der Waals surface area contributed by atoms with Crippen molar-refractivity contribution >= 4 is 28.7 Å². The molecule has 0 amide bonds. The van der Waals surface area contributed by atoms with Gasteiger partial charge in [0, 0.05) is 11.4 Å². The highest BCUT2D eigenvalue weighted by Crippen LogP contribution is 2.28. The molecule has 3 heteroatoms. The molecule has 0 atom stereocenters. The average molecular weight is 296 g/mol. The first-order valence-corrected chi connectivity index (χ1v) is 7.89. The van der Waals surface area contributed by atoms with Crippen molar-refractivity contribution in [2.24, 2.45) is 0 Å². The molecule has 0 spiro atoms. The third-order valence-corrected chi connectivity index (χ3v) is 4.24. The zero-order valence-electron chi connectivity index (χ0n) is 12.3. The molecule has 1 aliphatic rings. The summed E-state index contributed by atoms with van der Waals surface area (Å²) in [6.45, 7) is 2.08. The first-order valence-electron chi connectivity index (χ1n) is 7.48. The minimum atomic E-state index is 0.656. The van der Waals surface area contributed by atoms with Crippen LogP contribution in [0.4, 0.5) is 11.4 Å². The highest BCUT2D eigenvalue weighted by atomic mass is 32.1. The molecule has 0 heterocycles. The lowest BCUT2D eigenvalue weighted by molar-refractivity contribution is 0.687. The zero-order chi connectivity index (χ0) is 14.7. The van der Waals surface area contributed by atoms with Crippen LogP contribution in [0.1, 0.15) is 29.5 Å². The van der Waals surface area contributed by atoms with Crippen LogP contribution in [0.25, 0.3) is 0 Å². The summed E-state index contributed by atoms with van der Waals surface area (Å²) in [7, 11) is 0. The standard InChI is InChI=1S/C18H20N2S/c1-13-7-2-5-11-16(13)19-18(21)20-17-12-6-9-14-8-3-4-10-15(14)17/h2,5-7,9,11-12H,3-4,8,10H2,1H3,(H2,19,20,21). The van der Waals surface area contributed by atoms with Gasteiger partial charge in [0.2, 0.25) is 0 Å². The van der Waals surface area contributed by atoms with Crippen molar-refractivity contribution < 1.29 is 0 Å². The minimum absolute atomic E-state index is 0.656. The summed E-state index contributed by atoms with van der Waals surface area (Å²) >= 11 is 5.46. The van der Waals surface area contributed by atoms with Crippen LogP contribution in [0.5, 0.6) is 0 Å². The van der Waals surface area contributed by atoms with E-state index in [1.54, 1.807) is 0 Å². The Morgan fingerprint density at radius 1 is 0.905 bits per heavy atom. The molecule has 0 radical (unpaired) electrons. The number of fused-ring (bicyclic) bond motifs is 1. The normalized spacial score (nSPS) is 13.4. The van der Waals surface area contributed by atoms with E-state index in [0.29, 0.717) is 5.11 Å². The van der Waals surface area contributed by atoms with Crippen LogP contribution in [0.15, 0.2) is 42.5 Å². The van der Waals surface area contributed by atoms with E-state index in [9.17, 15) is 0 Å². The molecule has 2 N–H and O–H groups in total. The van der Waals surface area contributed by atoms with E-state index in [4.69, 9.17) is 12.2 Å². The molecule has 1 aliphatic carbocycles. The minimum Gasteiger partial charge on any atom is -0.332 e. The SMILES string of the molecule is Cc1ccccc1NC(=S)Nc1cccc2c1CCCC2. The second kappa shape index (κ2) is 6.27. The van der Waals surface area contributed by atoms with Crippen LogP contribution < -0.4 is 10.6 Å². The highest BCUT2D eigenvalue weighted by Gasteiger charge is 2.13. The molecule has 2 aromatic rings. The van der Waals surface area contributed by atoms with Crippen LogP contribution in [0.2, 0.25) is 0 Å². The van der Waals surface area contributed by atoms with Gasteiger partial charge in [-0.05, 0) is 73.6 Å². The summed E-state index contributed by atoms with van der Waals surface area (Å²) in [5, 5.41) is 7.31. The number of rotatable bonds is 2. The quantitative estimate of drug-likeness (QED) is 0.787. The van der Waals surface area contributed by atoms with Gasteiger partial charge in [-0.2, -0.15) is 0 Å². The van der Waals surface area contributed by atoms with E-state index < -0.39 is 0 Å². The van der Waals surface area contributed by atoms with Gasteiger partial charge < -0.3 is 10.6 Å². The van der Waals surface area contributed by atoms with Gasteiger partial charge in [-0.1, -0.05) is 30.3 Å². The van der Waals surface area contributed by atoms with Gasteiger partial charge in [0.25, 0.3) is 0 Å². The second-order valence-corrected chi connectivity index (χ2v) is 5.95. The third kappa shape index (κ3) is 3.24. The summed E-state index contributed by atoms with van der Waals surface area (Å²) in [4.78, 5) is 0. The maximum Gasteiger partial charge on any atom is 0.175 e. The first-order chi connectivity index (χ1) is 10.2. The summed E-state index contributed by atoms with van der Waals surface area (Å²) < 4.78 is 0. The number of nitrogens with one attached hydrogen (secondary N) is 2. The van der Waals surface area contributed by atoms with E-state index >= 15 is 0 Å². The van der Waals surface area contributed by atoms with Gasteiger partial charge in [-0.25, -0.2) is 0 Å². The highest BCUT2D eigenvalue weighted by molar-refractivity contribution is 7.80. The van der Waals surface area contributed by atoms with Crippen molar-refractivity contribution in [3.05, 3.63) is 59.2 Å². The van der Waals surface area contributed by atoms with Gasteiger partial charge in [0.05, 0.1) is 0 Å². The van der Waals surface area contributed by atoms with Crippen molar-refractivity contribution in [3.63, 3.8) is 0 Å². The molecule has 0 aromatic heterocycles. The van der Waals surface area contributed by atoms with Gasteiger partial charge in [0.1, 0.15) is 0 Å². The molecule has 0 aliphatic heterocycles. The third-order valence-electron chi connectivity index (χ3n) is 4.04. The molecule has 2 nitrogen and oxygen atoms in total. The summed E-state index contributed by atoms with van der Waals surface area (Å²) in [5.74, 6) is 0. The van der Waals surface area contributed by atoms with Crippen molar-refractivity contribution in [3.8, 4) is 0 Å². The fraction of sp³-hybridized carbons (Fsp3) is 0.278. The second-order valence-electron chi connectivity index (χ2n) is 5.54. The van der Waals surface area contributed by atoms with E-state index in [-0.39, 0.29) is 0 Å². The molecule has 0 saturated carbocycles. The lowest BCUT2D eigenvalue weighted by Crippen LogP contribution is -2.21. The molecule has 0 unspecified atom stereocenters. The van der Waals surface area contributed by atoms with Gasteiger partial charge in [0.15, 0.2) is 5.11 Å². The van der Waals surface area contributed by atoms with E-state index in [1.165, 1.54) is 36.0 Å². The predicted octanol–water partition coefficient (Wildman–Crippen LogP) is 4.68. The topological polar surface area (TPSA) is 24.1 Å². The van der Waals surface area contributed by atoms with Crippen LogP contribution in [-0.2, 0) is 12.8 Å². The lowest BCUT2D eigenvalue weighted by Gasteiger charge is -2.21. The molecule has 108 valence electrons. The molecular weight excluding hydrogens is 276 g/mol. The Bertz CT molecular complexity index is 664. The van der Waals surface area contributed by atoms with Crippen LogP contribution in [0, 0.1) is 6.92 Å². The summed E-state index contributed by atoms with van der Waals surface area (Å²) in [5.41, 5.74) is 6.29. The average Bonchev–Trinajstić information content (AvgIpc) is 2.50. The van der Waals surface area contributed by atoms with E-state index in [2.05, 4.69) is 41.8 Å². The number of aryl methyl sites for hydroxylation is 2. The molecule has 21 heavy (non-hydrogen) atoms. The maximum atomic E-state index is 5.46. The Kier molecular flexibility index (Phi) is 4.20. The molecule has 3 rings (SSSR count). The van der Waals surface area contributed by atoms with Crippen LogP contribution in [0.3, 0.4) is 0 Å². The Morgan fingerprint density at radius 2 is 1.62 bits per heavy atom. The molecule has 0 bridgehead atoms. The molecule has 2 aromatic carbocycles. The summed E-state index contributed by atoms with van der Waals surface area (Å²) in [6.07, 6.45) is 4.89. The Labute approximate surface area is 131 Å². The number of hydrogen-bond acceptors (Lipinski definition) is 1. The van der Waals surface area contributed by atoms with Crippen molar-refractivity contribution in [1.82, 2.24) is 0 Å². The molecule has 0 saturated heterocycles. The van der Waals surface area contributed by atoms with E-state index in [0.717, 1.165) is 17.8 Å². The van der Waals surface area contributed by atoms with Gasteiger partial charge in [-0.15, -0.1) is 0 Å². The Balaban J connectivity index is 1.75. The molecule has 0 fully saturated rings. The maximum absolute atomic E-state index is 5.46. The lowest BCUT2D eigenvalue weighted by atomic mass is 9.90. The molecular formula is C18H20N2S. The van der Waals surface area contributed by atoms with E-state index in [1.807, 2.05) is 18.2 Å². The van der Waals surface area contributed by atoms with Crippen molar-refractivity contribution in [2.45, 2.75) is 32.6 Å². The predicted molar refractivity (Wildman–Crippen MR) is 94.1 cm³/mol. The number of anilines is 2. The fourth-order valence-corrected chi connectivity index (χ4v) is 3.11. The van der Waals surface area contributed by atoms with Crippen LogP contribution in [-0.4, -0.2) is 5.11 Å².